The highest BCUT2D eigenvalue weighted by Crippen LogP contribution is 2.26. The number of hydrogen-bond acceptors (Lipinski definition) is 4. The van der Waals surface area contributed by atoms with E-state index in [-0.39, 0.29) is 18.1 Å². The third-order valence-electron chi connectivity index (χ3n) is 4.28. The van der Waals surface area contributed by atoms with Crippen molar-refractivity contribution in [2.24, 2.45) is 0 Å². The summed E-state index contributed by atoms with van der Waals surface area (Å²) in [7, 11) is 0. The molecule has 0 aliphatic heterocycles. The summed E-state index contributed by atoms with van der Waals surface area (Å²) in [6, 6.07) is 4.16. The quantitative estimate of drug-likeness (QED) is 0.508. The van der Waals surface area contributed by atoms with Crippen molar-refractivity contribution in [3.05, 3.63) is 39.4 Å². The lowest BCUT2D eigenvalue weighted by Gasteiger charge is -2.26. The van der Waals surface area contributed by atoms with Crippen LogP contribution in [0, 0.1) is 17.0 Å². The number of amides is 1. The van der Waals surface area contributed by atoms with Gasteiger partial charge in [-0.2, -0.15) is 0 Å². The first-order valence-corrected chi connectivity index (χ1v) is 7.67. The van der Waals surface area contributed by atoms with E-state index >= 15 is 0 Å². The molecule has 0 radical (unpaired) electrons. The van der Waals surface area contributed by atoms with Crippen LogP contribution in [0.25, 0.3) is 0 Å². The minimum atomic E-state index is -0.832. The van der Waals surface area contributed by atoms with Gasteiger partial charge in [0.25, 0.3) is 11.6 Å². The average molecular weight is 306 g/mol. The fourth-order valence-electron chi connectivity index (χ4n) is 2.92. The number of nitrogens with one attached hydrogen (secondary N) is 1. The third kappa shape index (κ3) is 4.04. The van der Waals surface area contributed by atoms with Crippen molar-refractivity contribution in [1.82, 2.24) is 5.32 Å². The summed E-state index contributed by atoms with van der Waals surface area (Å²) in [5.74, 6) is -0.301. The van der Waals surface area contributed by atoms with Crippen molar-refractivity contribution >= 4 is 11.6 Å². The van der Waals surface area contributed by atoms with Gasteiger partial charge in [0, 0.05) is 24.2 Å². The first-order valence-electron chi connectivity index (χ1n) is 7.67. The molecule has 0 bridgehead atoms. The molecule has 6 heteroatoms. The Hall–Kier alpha value is -1.95. The van der Waals surface area contributed by atoms with E-state index in [2.05, 4.69) is 5.32 Å². The summed E-state index contributed by atoms with van der Waals surface area (Å²) < 4.78 is 0. The fraction of sp³-hybridized carbons (Fsp3) is 0.562. The Morgan fingerprint density at radius 3 is 2.50 bits per heavy atom. The number of hydrogen-bond donors (Lipinski definition) is 2. The normalized spacial score (nSPS) is 17.5. The van der Waals surface area contributed by atoms with E-state index in [1.165, 1.54) is 18.2 Å². The predicted octanol–water partition coefficient (Wildman–Crippen LogP) is 2.72. The number of nitro groups is 1. The van der Waals surface area contributed by atoms with Gasteiger partial charge in [0.15, 0.2) is 0 Å². The summed E-state index contributed by atoms with van der Waals surface area (Å²) in [6.07, 6.45) is 5.60. The van der Waals surface area contributed by atoms with Gasteiger partial charge < -0.3 is 10.4 Å². The van der Waals surface area contributed by atoms with E-state index in [1.807, 2.05) is 0 Å². The van der Waals surface area contributed by atoms with E-state index in [4.69, 9.17) is 0 Å². The third-order valence-corrected chi connectivity index (χ3v) is 4.28. The van der Waals surface area contributed by atoms with E-state index in [1.54, 1.807) is 6.92 Å². The molecule has 0 heterocycles. The van der Waals surface area contributed by atoms with Crippen molar-refractivity contribution in [3.63, 3.8) is 0 Å². The van der Waals surface area contributed by atoms with Gasteiger partial charge >= 0.3 is 0 Å². The molecule has 1 fully saturated rings. The van der Waals surface area contributed by atoms with Crippen molar-refractivity contribution in [3.8, 4) is 0 Å². The van der Waals surface area contributed by atoms with Crippen molar-refractivity contribution in [1.29, 1.82) is 0 Å². The molecule has 1 aromatic rings. The van der Waals surface area contributed by atoms with Crippen LogP contribution in [0.15, 0.2) is 18.2 Å². The molecule has 1 amide bonds. The number of carbonyl (C=O) groups is 1. The molecule has 1 aliphatic rings. The molecule has 2 N–H and O–H groups in total. The topological polar surface area (TPSA) is 92.5 Å². The first-order chi connectivity index (χ1) is 10.4. The lowest BCUT2D eigenvalue weighted by molar-refractivity contribution is -0.384. The minimum absolute atomic E-state index is 0.0311. The van der Waals surface area contributed by atoms with Crippen LogP contribution in [0.3, 0.4) is 0 Å². The highest BCUT2D eigenvalue weighted by molar-refractivity contribution is 5.95. The molecular formula is C16H22N2O4. The van der Waals surface area contributed by atoms with Gasteiger partial charge in [-0.3, -0.25) is 14.9 Å². The lowest BCUT2D eigenvalue weighted by atomic mass is 9.94. The van der Waals surface area contributed by atoms with Crippen LogP contribution in [0.4, 0.5) is 5.69 Å². The summed E-state index contributed by atoms with van der Waals surface area (Å²) in [4.78, 5) is 22.5. The molecule has 1 saturated carbocycles. The molecule has 2 rings (SSSR count). The van der Waals surface area contributed by atoms with Crippen LogP contribution >= 0.6 is 0 Å². The molecule has 0 spiro atoms. The molecule has 1 aliphatic carbocycles. The van der Waals surface area contributed by atoms with Gasteiger partial charge in [0.1, 0.15) is 0 Å². The average Bonchev–Trinajstić information content (AvgIpc) is 2.70. The van der Waals surface area contributed by atoms with Gasteiger partial charge in [-0.15, -0.1) is 0 Å². The van der Waals surface area contributed by atoms with Crippen molar-refractivity contribution in [2.75, 3.05) is 6.54 Å². The van der Waals surface area contributed by atoms with Crippen molar-refractivity contribution in [2.45, 2.75) is 51.0 Å². The highest BCUT2D eigenvalue weighted by Gasteiger charge is 2.28. The molecule has 0 aromatic heterocycles. The van der Waals surface area contributed by atoms with Crippen LogP contribution in [0.2, 0.25) is 0 Å². The Morgan fingerprint density at radius 2 is 1.95 bits per heavy atom. The number of nitro benzene ring substituents is 1. The second kappa shape index (κ2) is 6.87. The Labute approximate surface area is 129 Å². The number of nitrogens with zero attached hydrogens (tertiary/aromatic N) is 1. The Kier molecular flexibility index (Phi) is 5.13. The zero-order chi connectivity index (χ0) is 16.2. The van der Waals surface area contributed by atoms with Crippen LogP contribution < -0.4 is 5.32 Å². The van der Waals surface area contributed by atoms with Crippen LogP contribution in [-0.4, -0.2) is 28.1 Å². The number of aliphatic hydroxyl groups is 1. The zero-order valence-corrected chi connectivity index (χ0v) is 12.8. The second-order valence-electron chi connectivity index (χ2n) is 6.08. The maximum absolute atomic E-state index is 12.2. The Balaban J connectivity index is 2.01. The molecule has 0 atom stereocenters. The fourth-order valence-corrected chi connectivity index (χ4v) is 2.92. The molecule has 6 nitrogen and oxygen atoms in total. The second-order valence-corrected chi connectivity index (χ2v) is 6.08. The van der Waals surface area contributed by atoms with Crippen LogP contribution in [0.1, 0.15) is 54.4 Å². The molecule has 22 heavy (non-hydrogen) atoms. The lowest BCUT2D eigenvalue weighted by Crippen LogP contribution is -2.42. The smallest absolute Gasteiger partial charge is 0.269 e. The molecular weight excluding hydrogens is 284 g/mol. The molecule has 0 unspecified atom stereocenters. The highest BCUT2D eigenvalue weighted by atomic mass is 16.6. The van der Waals surface area contributed by atoms with E-state index in [9.17, 15) is 20.0 Å². The Bertz CT molecular complexity index is 563. The SMILES string of the molecule is Cc1cc([N+](=O)[O-])ccc1C(=O)NCC1(O)CCCCCC1. The number of non-ortho nitro benzene ring substituents is 1. The number of carbonyl (C=O) groups excluding carboxylic acids is 1. The maximum atomic E-state index is 12.2. The van der Waals surface area contributed by atoms with Crippen LogP contribution in [-0.2, 0) is 0 Å². The summed E-state index contributed by atoms with van der Waals surface area (Å²) in [6.45, 7) is 1.89. The largest absolute Gasteiger partial charge is 0.388 e. The monoisotopic (exact) mass is 306 g/mol. The first kappa shape index (κ1) is 16.4. The van der Waals surface area contributed by atoms with Gasteiger partial charge in [-0.05, 0) is 31.4 Å². The van der Waals surface area contributed by atoms with Gasteiger partial charge in [0.05, 0.1) is 10.5 Å². The predicted molar refractivity (Wildman–Crippen MR) is 82.8 cm³/mol. The summed E-state index contributed by atoms with van der Waals surface area (Å²) in [5, 5.41) is 24.0. The summed E-state index contributed by atoms with van der Waals surface area (Å²) >= 11 is 0. The Morgan fingerprint density at radius 1 is 1.32 bits per heavy atom. The minimum Gasteiger partial charge on any atom is -0.388 e. The van der Waals surface area contributed by atoms with Gasteiger partial charge in [-0.25, -0.2) is 0 Å². The number of benzene rings is 1. The summed E-state index contributed by atoms with van der Waals surface area (Å²) in [5.41, 5.74) is 0.0970. The number of rotatable bonds is 4. The van der Waals surface area contributed by atoms with E-state index in [0.717, 1.165) is 25.7 Å². The van der Waals surface area contributed by atoms with Crippen LogP contribution in [0.5, 0.6) is 0 Å². The molecule has 0 saturated heterocycles. The van der Waals surface area contributed by atoms with E-state index < -0.39 is 10.5 Å². The van der Waals surface area contributed by atoms with Gasteiger partial charge in [0.2, 0.25) is 0 Å². The van der Waals surface area contributed by atoms with E-state index in [0.29, 0.717) is 24.0 Å². The standard InChI is InChI=1S/C16H22N2O4/c1-12-10-13(18(21)22)6-7-14(12)15(19)17-11-16(20)8-4-2-3-5-9-16/h6-7,10,20H,2-5,8-9,11H2,1H3,(H,17,19). The molecule has 120 valence electrons. The molecule has 1 aromatic carbocycles. The van der Waals surface area contributed by atoms with Crippen molar-refractivity contribution < 1.29 is 14.8 Å². The maximum Gasteiger partial charge on any atom is 0.269 e. The number of aryl methyl sites for hydroxylation is 1. The van der Waals surface area contributed by atoms with Gasteiger partial charge in [-0.1, -0.05) is 25.7 Å². The zero-order valence-electron chi connectivity index (χ0n) is 12.8.